The molecule has 0 spiro atoms. The summed E-state index contributed by atoms with van der Waals surface area (Å²) in [7, 11) is 2.01. The van der Waals surface area contributed by atoms with Crippen LogP contribution >= 0.6 is 0 Å². The number of alkyl halides is 3. The Labute approximate surface area is 203 Å². The normalized spacial score (nSPS) is 26.9. The molecular weight excluding hydrogens is 459 g/mol. The van der Waals surface area contributed by atoms with E-state index in [4.69, 9.17) is 9.47 Å². The van der Waals surface area contributed by atoms with E-state index in [-0.39, 0.29) is 30.8 Å². The number of benzene rings is 2. The average molecular weight is 490 g/mol. The predicted octanol–water partition coefficient (Wildman–Crippen LogP) is 5.09. The van der Waals surface area contributed by atoms with Crippen molar-refractivity contribution >= 4 is 11.8 Å². The SMILES string of the molecule is CN1CCN(C(=O)OC[C@H]2CC[C@@H]3[C@H](O2)c2cc(C(F)(F)F)ccc2N[C@H]3c2ccccc2)CC1. The molecule has 0 aromatic heterocycles. The molecule has 0 aliphatic carbocycles. The maximum atomic E-state index is 13.5. The van der Waals surface area contributed by atoms with Gasteiger partial charge in [0.05, 0.1) is 23.8 Å². The van der Waals surface area contributed by atoms with E-state index in [9.17, 15) is 18.0 Å². The quantitative estimate of drug-likeness (QED) is 0.651. The summed E-state index contributed by atoms with van der Waals surface area (Å²) < 4.78 is 52.4. The van der Waals surface area contributed by atoms with E-state index >= 15 is 0 Å². The number of carbonyl (C=O) groups is 1. The summed E-state index contributed by atoms with van der Waals surface area (Å²) >= 11 is 0. The zero-order chi connectivity index (χ0) is 24.6. The van der Waals surface area contributed by atoms with Gasteiger partial charge < -0.3 is 24.6 Å². The fraction of sp³-hybridized carbons (Fsp3) is 0.500. The molecule has 188 valence electrons. The first-order valence-corrected chi connectivity index (χ1v) is 12.1. The number of rotatable bonds is 3. The Balaban J connectivity index is 1.35. The number of amides is 1. The highest BCUT2D eigenvalue weighted by Gasteiger charge is 2.44. The van der Waals surface area contributed by atoms with Crippen LogP contribution in [0.15, 0.2) is 48.5 Å². The molecule has 6 nitrogen and oxygen atoms in total. The van der Waals surface area contributed by atoms with Gasteiger partial charge in [-0.1, -0.05) is 30.3 Å². The first-order valence-electron chi connectivity index (χ1n) is 12.1. The highest BCUT2D eigenvalue weighted by atomic mass is 19.4. The van der Waals surface area contributed by atoms with E-state index in [0.717, 1.165) is 31.1 Å². The number of nitrogens with zero attached hydrogens (tertiary/aromatic N) is 2. The number of hydrogen-bond acceptors (Lipinski definition) is 5. The van der Waals surface area contributed by atoms with Crippen molar-refractivity contribution in [1.29, 1.82) is 0 Å². The topological polar surface area (TPSA) is 54.0 Å². The summed E-state index contributed by atoms with van der Waals surface area (Å²) in [6, 6.07) is 13.6. The van der Waals surface area contributed by atoms with Crippen LogP contribution in [0.4, 0.5) is 23.7 Å². The van der Waals surface area contributed by atoms with Crippen LogP contribution in [0, 0.1) is 5.92 Å². The lowest BCUT2D eigenvalue weighted by molar-refractivity contribution is -0.138. The van der Waals surface area contributed by atoms with Crippen molar-refractivity contribution in [3.63, 3.8) is 0 Å². The lowest BCUT2D eigenvalue weighted by Gasteiger charge is -2.45. The third-order valence-electron chi connectivity index (χ3n) is 7.29. The summed E-state index contributed by atoms with van der Waals surface area (Å²) in [5.41, 5.74) is 1.52. The molecule has 4 atom stereocenters. The van der Waals surface area contributed by atoms with Crippen molar-refractivity contribution in [1.82, 2.24) is 9.80 Å². The molecule has 3 aliphatic heterocycles. The Morgan fingerprint density at radius 1 is 1.09 bits per heavy atom. The van der Waals surface area contributed by atoms with Gasteiger partial charge >= 0.3 is 12.3 Å². The molecule has 0 radical (unpaired) electrons. The van der Waals surface area contributed by atoms with Crippen LogP contribution in [0.2, 0.25) is 0 Å². The van der Waals surface area contributed by atoms with Crippen molar-refractivity contribution < 1.29 is 27.4 Å². The molecule has 5 rings (SSSR count). The first-order chi connectivity index (χ1) is 16.8. The first kappa shape index (κ1) is 23.9. The third kappa shape index (κ3) is 5.11. The molecule has 2 saturated heterocycles. The molecule has 0 unspecified atom stereocenters. The van der Waals surface area contributed by atoms with Crippen molar-refractivity contribution in [2.45, 2.75) is 37.3 Å². The number of carbonyl (C=O) groups excluding carboxylic acids is 1. The van der Waals surface area contributed by atoms with Crippen molar-refractivity contribution in [3.05, 3.63) is 65.2 Å². The van der Waals surface area contributed by atoms with Gasteiger partial charge in [0.2, 0.25) is 0 Å². The Bertz CT molecular complexity index is 1040. The maximum Gasteiger partial charge on any atom is 0.416 e. The van der Waals surface area contributed by atoms with E-state index in [2.05, 4.69) is 10.2 Å². The summed E-state index contributed by atoms with van der Waals surface area (Å²) in [5.74, 6) is -0.0435. The van der Waals surface area contributed by atoms with Gasteiger partial charge in [0.1, 0.15) is 6.61 Å². The van der Waals surface area contributed by atoms with Gasteiger partial charge in [-0.05, 0) is 43.7 Å². The van der Waals surface area contributed by atoms with E-state index in [1.54, 1.807) is 4.90 Å². The Morgan fingerprint density at radius 2 is 1.83 bits per heavy atom. The van der Waals surface area contributed by atoms with Gasteiger partial charge in [0.25, 0.3) is 0 Å². The van der Waals surface area contributed by atoms with Gasteiger partial charge in [0.15, 0.2) is 0 Å². The monoisotopic (exact) mass is 489 g/mol. The second kappa shape index (κ2) is 9.70. The standard InChI is InChI=1S/C26H30F3N3O3/c1-31-11-13-32(14-12-31)25(33)34-16-19-8-9-20-23(17-5-3-2-4-6-17)30-22-10-7-18(26(27,28)29)15-21(22)24(20)35-19/h2-7,10,15,19-20,23-24,30H,8-9,11-14,16H2,1H3/t19-,20+,23+,24+/m1/s1. The molecule has 35 heavy (non-hydrogen) atoms. The van der Waals surface area contributed by atoms with Gasteiger partial charge in [-0.3, -0.25) is 0 Å². The van der Waals surface area contributed by atoms with E-state index in [0.29, 0.717) is 30.8 Å². The summed E-state index contributed by atoms with van der Waals surface area (Å²) in [4.78, 5) is 16.4. The number of likely N-dealkylation sites (N-methyl/N-ethyl adjacent to an activating group) is 1. The van der Waals surface area contributed by atoms with Crippen molar-refractivity contribution in [2.75, 3.05) is 45.2 Å². The minimum Gasteiger partial charge on any atom is -0.447 e. The summed E-state index contributed by atoms with van der Waals surface area (Å²) in [6.45, 7) is 2.91. The van der Waals surface area contributed by atoms with E-state index < -0.39 is 17.8 Å². The van der Waals surface area contributed by atoms with Gasteiger partial charge in [0, 0.05) is 43.3 Å². The van der Waals surface area contributed by atoms with Gasteiger partial charge in [-0.25, -0.2) is 4.79 Å². The van der Waals surface area contributed by atoms with Crippen molar-refractivity contribution in [2.24, 2.45) is 5.92 Å². The molecule has 1 amide bonds. The van der Waals surface area contributed by atoms with E-state index in [1.807, 2.05) is 37.4 Å². The summed E-state index contributed by atoms with van der Waals surface area (Å²) in [6.07, 6.45) is -4.30. The van der Waals surface area contributed by atoms with Crippen LogP contribution in [0.1, 0.15) is 41.7 Å². The zero-order valence-electron chi connectivity index (χ0n) is 19.6. The molecule has 3 aliphatic rings. The minimum atomic E-state index is -4.44. The fourth-order valence-corrected chi connectivity index (χ4v) is 5.29. The molecule has 2 aromatic rings. The maximum absolute atomic E-state index is 13.5. The molecule has 1 N–H and O–H groups in total. The predicted molar refractivity (Wildman–Crippen MR) is 125 cm³/mol. The lowest BCUT2D eigenvalue weighted by Crippen LogP contribution is -2.48. The smallest absolute Gasteiger partial charge is 0.416 e. The van der Waals surface area contributed by atoms with Gasteiger partial charge in [-0.15, -0.1) is 0 Å². The molecule has 2 fully saturated rings. The minimum absolute atomic E-state index is 0.0435. The van der Waals surface area contributed by atoms with Crippen LogP contribution in [0.3, 0.4) is 0 Å². The van der Waals surface area contributed by atoms with Crippen LogP contribution in [-0.4, -0.2) is 61.8 Å². The number of ether oxygens (including phenoxy) is 2. The largest absolute Gasteiger partial charge is 0.447 e. The van der Waals surface area contributed by atoms with Gasteiger partial charge in [-0.2, -0.15) is 13.2 Å². The van der Waals surface area contributed by atoms with Crippen LogP contribution in [0.25, 0.3) is 0 Å². The Hall–Kier alpha value is -2.78. The highest BCUT2D eigenvalue weighted by Crippen LogP contribution is 2.51. The molecular formula is C26H30F3N3O3. The zero-order valence-corrected chi connectivity index (χ0v) is 19.6. The van der Waals surface area contributed by atoms with Crippen LogP contribution < -0.4 is 5.32 Å². The Kier molecular flexibility index (Phi) is 6.63. The molecule has 3 heterocycles. The number of nitrogens with one attached hydrogen (secondary N) is 1. The highest BCUT2D eigenvalue weighted by molar-refractivity contribution is 5.67. The molecule has 2 aromatic carbocycles. The number of hydrogen-bond donors (Lipinski definition) is 1. The number of anilines is 1. The molecule has 0 saturated carbocycles. The van der Waals surface area contributed by atoms with Crippen LogP contribution in [0.5, 0.6) is 0 Å². The van der Waals surface area contributed by atoms with Crippen LogP contribution in [-0.2, 0) is 15.7 Å². The second-order valence-electron chi connectivity index (χ2n) is 9.62. The van der Waals surface area contributed by atoms with Crippen molar-refractivity contribution in [3.8, 4) is 0 Å². The molecule has 9 heteroatoms. The number of fused-ring (bicyclic) bond motifs is 3. The average Bonchev–Trinajstić information content (AvgIpc) is 2.86. The fourth-order valence-electron chi connectivity index (χ4n) is 5.29. The number of piperazine rings is 1. The second-order valence-corrected chi connectivity index (χ2v) is 9.62. The third-order valence-corrected chi connectivity index (χ3v) is 7.29. The Morgan fingerprint density at radius 3 is 2.54 bits per heavy atom. The number of halogens is 3. The van der Waals surface area contributed by atoms with E-state index in [1.165, 1.54) is 12.1 Å². The molecule has 0 bridgehead atoms. The summed E-state index contributed by atoms with van der Waals surface area (Å²) in [5, 5.41) is 3.46. The lowest BCUT2D eigenvalue weighted by atomic mass is 9.76.